The van der Waals surface area contributed by atoms with Crippen molar-refractivity contribution in [1.82, 2.24) is 25.6 Å². The summed E-state index contributed by atoms with van der Waals surface area (Å²) in [7, 11) is 1.59. The van der Waals surface area contributed by atoms with Gasteiger partial charge in [0.05, 0.1) is 12.6 Å². The van der Waals surface area contributed by atoms with E-state index in [1.165, 1.54) is 18.2 Å². The van der Waals surface area contributed by atoms with Crippen LogP contribution in [0.25, 0.3) is 11.3 Å². The third-order valence-electron chi connectivity index (χ3n) is 5.80. The van der Waals surface area contributed by atoms with E-state index in [9.17, 15) is 22.8 Å². The Balaban J connectivity index is 1.37. The van der Waals surface area contributed by atoms with E-state index < -0.39 is 6.36 Å². The zero-order chi connectivity index (χ0) is 24.3. The highest BCUT2D eigenvalue weighted by molar-refractivity contribution is 5.76. The second-order valence-electron chi connectivity index (χ2n) is 8.35. The van der Waals surface area contributed by atoms with Crippen molar-refractivity contribution in [3.05, 3.63) is 36.1 Å². The number of aromatic nitrogens is 1. The molecule has 9 nitrogen and oxygen atoms in total. The molecule has 4 rings (SSSR count). The Morgan fingerprint density at radius 3 is 2.74 bits per heavy atom. The van der Waals surface area contributed by atoms with Crippen LogP contribution in [-0.2, 0) is 6.54 Å². The zero-order valence-electron chi connectivity index (χ0n) is 18.6. The van der Waals surface area contributed by atoms with E-state index in [1.54, 1.807) is 24.1 Å². The Labute approximate surface area is 194 Å². The van der Waals surface area contributed by atoms with Crippen LogP contribution in [0.2, 0.25) is 0 Å². The first kappa shape index (κ1) is 23.7. The molecular formula is C22H26F3N5O4. The van der Waals surface area contributed by atoms with Crippen molar-refractivity contribution in [3.8, 4) is 17.0 Å². The molecule has 4 amide bonds. The SMILES string of the molecule is CNC(=O)N1CCC[C@@H](N(C(=O)NCc2cc(-c3cccc(OC(F)(F)F)c3)no2)C2CC2)C1. The number of hydrogen-bond donors (Lipinski definition) is 2. The number of likely N-dealkylation sites (tertiary alicyclic amines) is 1. The summed E-state index contributed by atoms with van der Waals surface area (Å²) in [4.78, 5) is 28.6. The molecular weight excluding hydrogens is 455 g/mol. The highest BCUT2D eigenvalue weighted by Crippen LogP contribution is 2.32. The quantitative estimate of drug-likeness (QED) is 0.655. The number of urea groups is 2. The standard InChI is InChI=1S/C22H26F3N5O4/c1-26-20(31)29-9-3-5-16(13-29)30(15-7-8-15)21(32)27-12-18-11-19(28-34-18)14-4-2-6-17(10-14)33-22(23,24)25/h2,4,6,10-11,15-16H,3,5,7-9,12-13H2,1H3,(H,26,31)(H,27,32)/t16-/m1/s1. The summed E-state index contributed by atoms with van der Waals surface area (Å²) >= 11 is 0. The molecule has 0 spiro atoms. The third kappa shape index (κ3) is 5.91. The Morgan fingerprint density at radius 1 is 1.24 bits per heavy atom. The molecule has 1 saturated heterocycles. The fraction of sp³-hybridized carbons (Fsp3) is 0.500. The van der Waals surface area contributed by atoms with E-state index in [0.717, 1.165) is 25.7 Å². The van der Waals surface area contributed by atoms with Gasteiger partial charge >= 0.3 is 18.4 Å². The van der Waals surface area contributed by atoms with Crippen molar-refractivity contribution in [2.75, 3.05) is 20.1 Å². The van der Waals surface area contributed by atoms with Gasteiger partial charge in [-0.1, -0.05) is 17.3 Å². The number of rotatable bonds is 6. The predicted molar refractivity (Wildman–Crippen MR) is 115 cm³/mol. The first-order valence-corrected chi connectivity index (χ1v) is 11.1. The van der Waals surface area contributed by atoms with Gasteiger partial charge in [0.1, 0.15) is 11.4 Å². The van der Waals surface area contributed by atoms with Crippen LogP contribution in [0.15, 0.2) is 34.9 Å². The van der Waals surface area contributed by atoms with Crippen molar-refractivity contribution in [2.45, 2.75) is 50.7 Å². The minimum Gasteiger partial charge on any atom is -0.406 e. The number of nitrogens with one attached hydrogen (secondary N) is 2. The molecule has 1 aliphatic heterocycles. The monoisotopic (exact) mass is 481 g/mol. The van der Waals surface area contributed by atoms with Gasteiger partial charge in [0.15, 0.2) is 5.76 Å². The van der Waals surface area contributed by atoms with Gasteiger partial charge < -0.3 is 29.7 Å². The average Bonchev–Trinajstić information content (AvgIpc) is 3.51. The number of halogens is 3. The van der Waals surface area contributed by atoms with Crippen LogP contribution >= 0.6 is 0 Å². The van der Waals surface area contributed by atoms with Crippen LogP contribution in [0.1, 0.15) is 31.4 Å². The number of carbonyl (C=O) groups is 2. The number of carbonyl (C=O) groups excluding carboxylic acids is 2. The van der Waals surface area contributed by atoms with Crippen molar-refractivity contribution < 1.29 is 32.0 Å². The molecule has 0 unspecified atom stereocenters. The summed E-state index contributed by atoms with van der Waals surface area (Å²) in [5.74, 6) is -0.00178. The molecule has 2 heterocycles. The van der Waals surface area contributed by atoms with Crippen molar-refractivity contribution in [3.63, 3.8) is 0 Å². The summed E-state index contributed by atoms with van der Waals surface area (Å²) < 4.78 is 46.6. The van der Waals surface area contributed by atoms with Crippen LogP contribution < -0.4 is 15.4 Å². The summed E-state index contributed by atoms with van der Waals surface area (Å²) in [6.07, 6.45) is -1.31. The molecule has 2 fully saturated rings. The maximum atomic E-state index is 13.0. The second kappa shape index (κ2) is 9.82. The minimum absolute atomic E-state index is 0.0691. The second-order valence-corrected chi connectivity index (χ2v) is 8.35. The minimum atomic E-state index is -4.79. The summed E-state index contributed by atoms with van der Waals surface area (Å²) in [6.45, 7) is 1.21. The van der Waals surface area contributed by atoms with Gasteiger partial charge in [-0.3, -0.25) is 0 Å². The van der Waals surface area contributed by atoms with Gasteiger partial charge in [-0.2, -0.15) is 0 Å². The molecule has 12 heteroatoms. The Kier molecular flexibility index (Phi) is 6.85. The van der Waals surface area contributed by atoms with E-state index in [-0.39, 0.29) is 36.4 Å². The van der Waals surface area contributed by atoms with E-state index in [4.69, 9.17) is 4.52 Å². The summed E-state index contributed by atoms with van der Waals surface area (Å²) in [6, 6.07) is 6.65. The lowest BCUT2D eigenvalue weighted by atomic mass is 10.0. The molecule has 2 aliphatic rings. The van der Waals surface area contributed by atoms with E-state index in [0.29, 0.717) is 30.1 Å². The van der Waals surface area contributed by atoms with Crippen LogP contribution in [0.4, 0.5) is 22.8 Å². The van der Waals surface area contributed by atoms with Crippen molar-refractivity contribution >= 4 is 12.1 Å². The van der Waals surface area contributed by atoms with E-state index >= 15 is 0 Å². The molecule has 1 saturated carbocycles. The van der Waals surface area contributed by atoms with E-state index in [1.807, 2.05) is 4.90 Å². The van der Waals surface area contributed by atoms with Crippen LogP contribution in [0.5, 0.6) is 5.75 Å². The van der Waals surface area contributed by atoms with Gasteiger partial charge in [0.2, 0.25) is 0 Å². The first-order chi connectivity index (χ1) is 16.2. The molecule has 1 atom stereocenters. The van der Waals surface area contributed by atoms with Gasteiger partial charge in [-0.05, 0) is 37.8 Å². The normalized spacial score (nSPS) is 18.4. The van der Waals surface area contributed by atoms with Crippen LogP contribution in [-0.4, -0.2) is 65.6 Å². The summed E-state index contributed by atoms with van der Waals surface area (Å²) in [5, 5.41) is 9.37. The molecule has 184 valence electrons. The molecule has 0 bridgehead atoms. The van der Waals surface area contributed by atoms with Gasteiger partial charge in [0.25, 0.3) is 0 Å². The number of amides is 4. The smallest absolute Gasteiger partial charge is 0.406 e. The molecule has 34 heavy (non-hydrogen) atoms. The maximum Gasteiger partial charge on any atom is 0.573 e. The highest BCUT2D eigenvalue weighted by Gasteiger charge is 2.39. The van der Waals surface area contributed by atoms with Crippen LogP contribution in [0.3, 0.4) is 0 Å². The molecule has 2 N–H and O–H groups in total. The Bertz CT molecular complexity index is 1020. The zero-order valence-corrected chi connectivity index (χ0v) is 18.6. The molecule has 1 aromatic carbocycles. The fourth-order valence-electron chi connectivity index (χ4n) is 4.15. The average molecular weight is 481 g/mol. The number of nitrogens with zero attached hydrogens (tertiary/aromatic N) is 3. The molecule has 1 aromatic heterocycles. The predicted octanol–water partition coefficient (Wildman–Crippen LogP) is 3.72. The number of benzene rings is 1. The topological polar surface area (TPSA) is 99.9 Å². The first-order valence-electron chi connectivity index (χ1n) is 11.1. The lowest BCUT2D eigenvalue weighted by molar-refractivity contribution is -0.274. The fourth-order valence-corrected chi connectivity index (χ4v) is 4.15. The Hall–Kier alpha value is -3.44. The summed E-state index contributed by atoms with van der Waals surface area (Å²) in [5.41, 5.74) is 0.712. The number of hydrogen-bond acceptors (Lipinski definition) is 5. The Morgan fingerprint density at radius 2 is 2.03 bits per heavy atom. The molecule has 2 aromatic rings. The lowest BCUT2D eigenvalue weighted by Gasteiger charge is -2.39. The van der Waals surface area contributed by atoms with E-state index in [2.05, 4.69) is 20.5 Å². The third-order valence-corrected chi connectivity index (χ3v) is 5.80. The van der Waals surface area contributed by atoms with Gasteiger partial charge in [-0.25, -0.2) is 9.59 Å². The number of piperidine rings is 1. The molecule has 0 radical (unpaired) electrons. The number of ether oxygens (including phenoxy) is 1. The molecule has 1 aliphatic carbocycles. The maximum absolute atomic E-state index is 13.0. The van der Waals surface area contributed by atoms with Crippen molar-refractivity contribution in [1.29, 1.82) is 0 Å². The van der Waals surface area contributed by atoms with Gasteiger partial charge in [-0.15, -0.1) is 13.2 Å². The number of alkyl halides is 3. The van der Waals surface area contributed by atoms with Gasteiger partial charge in [0, 0.05) is 37.8 Å². The highest BCUT2D eigenvalue weighted by atomic mass is 19.4. The lowest BCUT2D eigenvalue weighted by Crippen LogP contribution is -2.56. The largest absolute Gasteiger partial charge is 0.573 e. The van der Waals surface area contributed by atoms with Crippen molar-refractivity contribution in [2.24, 2.45) is 0 Å². The van der Waals surface area contributed by atoms with Crippen LogP contribution in [0, 0.1) is 0 Å².